The SMILES string of the molecule is Cc1ccnc(NC(=O)[C@@H]2C[C@H]2c2ccccc2F)c1. The van der Waals surface area contributed by atoms with Crippen molar-refractivity contribution in [2.24, 2.45) is 5.92 Å². The summed E-state index contributed by atoms with van der Waals surface area (Å²) in [4.78, 5) is 16.2. The van der Waals surface area contributed by atoms with Gasteiger partial charge >= 0.3 is 0 Å². The van der Waals surface area contributed by atoms with Crippen LogP contribution in [0, 0.1) is 18.7 Å². The van der Waals surface area contributed by atoms with Crippen molar-refractivity contribution >= 4 is 11.7 Å². The predicted octanol–water partition coefficient (Wildman–Crippen LogP) is 3.27. The maximum atomic E-state index is 13.7. The van der Waals surface area contributed by atoms with E-state index in [9.17, 15) is 9.18 Å². The molecule has 0 unspecified atom stereocenters. The number of halogens is 1. The van der Waals surface area contributed by atoms with Crippen LogP contribution in [-0.2, 0) is 4.79 Å². The van der Waals surface area contributed by atoms with Gasteiger partial charge in [0.25, 0.3) is 0 Å². The van der Waals surface area contributed by atoms with Crippen molar-refractivity contribution in [3.8, 4) is 0 Å². The summed E-state index contributed by atoms with van der Waals surface area (Å²) in [7, 11) is 0. The van der Waals surface area contributed by atoms with E-state index in [-0.39, 0.29) is 23.6 Å². The number of aryl methyl sites for hydroxylation is 1. The van der Waals surface area contributed by atoms with E-state index in [0.29, 0.717) is 17.8 Å². The van der Waals surface area contributed by atoms with Crippen LogP contribution in [0.15, 0.2) is 42.6 Å². The Labute approximate surface area is 116 Å². The lowest BCUT2D eigenvalue weighted by Gasteiger charge is -2.05. The van der Waals surface area contributed by atoms with Crippen molar-refractivity contribution < 1.29 is 9.18 Å². The van der Waals surface area contributed by atoms with Crippen molar-refractivity contribution in [3.05, 3.63) is 59.5 Å². The normalized spacial score (nSPS) is 20.5. The number of hydrogen-bond acceptors (Lipinski definition) is 2. The summed E-state index contributed by atoms with van der Waals surface area (Å²) in [5.74, 6) is 0.0576. The molecule has 20 heavy (non-hydrogen) atoms. The Morgan fingerprint density at radius 2 is 2.15 bits per heavy atom. The average molecular weight is 270 g/mol. The van der Waals surface area contributed by atoms with E-state index in [0.717, 1.165) is 5.56 Å². The summed E-state index contributed by atoms with van der Waals surface area (Å²) in [6, 6.07) is 10.3. The van der Waals surface area contributed by atoms with Gasteiger partial charge in [-0.25, -0.2) is 9.37 Å². The van der Waals surface area contributed by atoms with Crippen molar-refractivity contribution in [3.63, 3.8) is 0 Å². The second-order valence-corrected chi connectivity index (χ2v) is 5.18. The number of hydrogen-bond donors (Lipinski definition) is 1. The van der Waals surface area contributed by atoms with Crippen LogP contribution in [0.4, 0.5) is 10.2 Å². The van der Waals surface area contributed by atoms with Gasteiger partial charge in [-0.15, -0.1) is 0 Å². The van der Waals surface area contributed by atoms with Crippen LogP contribution in [0.1, 0.15) is 23.5 Å². The molecule has 1 amide bonds. The van der Waals surface area contributed by atoms with Gasteiger partial charge in [-0.2, -0.15) is 0 Å². The Morgan fingerprint density at radius 1 is 1.35 bits per heavy atom. The fourth-order valence-corrected chi connectivity index (χ4v) is 2.43. The van der Waals surface area contributed by atoms with E-state index >= 15 is 0 Å². The van der Waals surface area contributed by atoms with E-state index < -0.39 is 0 Å². The zero-order valence-electron chi connectivity index (χ0n) is 11.1. The van der Waals surface area contributed by atoms with Gasteiger partial charge in [0.15, 0.2) is 0 Å². The van der Waals surface area contributed by atoms with E-state index in [4.69, 9.17) is 0 Å². The summed E-state index contributed by atoms with van der Waals surface area (Å²) in [6.45, 7) is 1.94. The Kier molecular flexibility index (Phi) is 3.22. The first-order valence-corrected chi connectivity index (χ1v) is 6.63. The highest BCUT2D eigenvalue weighted by atomic mass is 19.1. The minimum atomic E-state index is -0.235. The number of nitrogens with zero attached hydrogens (tertiary/aromatic N) is 1. The first-order chi connectivity index (χ1) is 9.65. The highest BCUT2D eigenvalue weighted by Crippen LogP contribution is 2.48. The predicted molar refractivity (Wildman–Crippen MR) is 74.9 cm³/mol. The molecule has 0 saturated heterocycles. The first kappa shape index (κ1) is 12.8. The lowest BCUT2D eigenvalue weighted by atomic mass is 10.1. The minimum absolute atomic E-state index is 0.0130. The van der Waals surface area contributed by atoms with Crippen LogP contribution >= 0.6 is 0 Å². The molecule has 4 heteroatoms. The zero-order chi connectivity index (χ0) is 14.1. The topological polar surface area (TPSA) is 42.0 Å². The summed E-state index contributed by atoms with van der Waals surface area (Å²) in [5.41, 5.74) is 1.67. The van der Waals surface area contributed by atoms with Gasteiger partial charge in [-0.3, -0.25) is 4.79 Å². The van der Waals surface area contributed by atoms with Crippen LogP contribution in [0.5, 0.6) is 0 Å². The summed E-state index contributed by atoms with van der Waals surface area (Å²) < 4.78 is 13.7. The number of rotatable bonds is 3. The van der Waals surface area contributed by atoms with Crippen LogP contribution in [0.3, 0.4) is 0 Å². The Balaban J connectivity index is 1.68. The van der Waals surface area contributed by atoms with Gasteiger partial charge in [0, 0.05) is 12.1 Å². The fourth-order valence-electron chi connectivity index (χ4n) is 2.43. The molecular weight excluding hydrogens is 255 g/mol. The molecule has 1 aromatic carbocycles. The molecule has 3 rings (SSSR count). The maximum Gasteiger partial charge on any atom is 0.229 e. The van der Waals surface area contributed by atoms with E-state index in [2.05, 4.69) is 10.3 Å². The van der Waals surface area contributed by atoms with Gasteiger partial charge in [0.05, 0.1) is 0 Å². The third kappa shape index (κ3) is 2.54. The number of carbonyl (C=O) groups is 1. The number of pyridine rings is 1. The maximum absolute atomic E-state index is 13.7. The van der Waals surface area contributed by atoms with Gasteiger partial charge in [0.1, 0.15) is 11.6 Å². The molecule has 2 atom stereocenters. The third-order valence-electron chi connectivity index (χ3n) is 3.60. The second kappa shape index (κ2) is 5.04. The van der Waals surface area contributed by atoms with Crippen LogP contribution in [0.2, 0.25) is 0 Å². The largest absolute Gasteiger partial charge is 0.310 e. The summed E-state index contributed by atoms with van der Waals surface area (Å²) >= 11 is 0. The molecule has 0 radical (unpaired) electrons. The van der Waals surface area contributed by atoms with Gasteiger partial charge in [-0.05, 0) is 48.6 Å². The molecule has 102 valence electrons. The molecule has 3 nitrogen and oxygen atoms in total. The zero-order valence-corrected chi connectivity index (χ0v) is 11.1. The number of benzene rings is 1. The molecule has 1 aliphatic rings. The average Bonchev–Trinajstić information content (AvgIpc) is 3.19. The fraction of sp³-hybridized carbons (Fsp3) is 0.250. The monoisotopic (exact) mass is 270 g/mol. The molecular formula is C16H15FN2O. The smallest absolute Gasteiger partial charge is 0.229 e. The first-order valence-electron chi connectivity index (χ1n) is 6.63. The molecule has 0 spiro atoms. The number of aromatic nitrogens is 1. The van der Waals surface area contributed by atoms with Crippen LogP contribution in [-0.4, -0.2) is 10.9 Å². The molecule has 0 aliphatic heterocycles. The lowest BCUT2D eigenvalue weighted by Crippen LogP contribution is -2.15. The van der Waals surface area contributed by atoms with Crippen LogP contribution < -0.4 is 5.32 Å². The molecule has 1 saturated carbocycles. The number of anilines is 1. The standard InChI is InChI=1S/C16H15FN2O/c1-10-6-7-18-15(8-10)19-16(20)13-9-12(13)11-4-2-3-5-14(11)17/h2-8,12-13H,9H2,1H3,(H,18,19,20)/t12-,13+/m0/s1. The minimum Gasteiger partial charge on any atom is -0.310 e. The Hall–Kier alpha value is -2.23. The molecule has 1 heterocycles. The van der Waals surface area contributed by atoms with Crippen molar-refractivity contribution in [2.45, 2.75) is 19.3 Å². The van der Waals surface area contributed by atoms with Crippen molar-refractivity contribution in [1.82, 2.24) is 4.98 Å². The number of carbonyl (C=O) groups excluding carboxylic acids is 1. The highest BCUT2D eigenvalue weighted by Gasteiger charge is 2.45. The summed E-state index contributed by atoms with van der Waals surface area (Å²) in [5, 5.41) is 2.79. The molecule has 2 aromatic rings. The molecule has 1 aliphatic carbocycles. The van der Waals surface area contributed by atoms with Crippen molar-refractivity contribution in [1.29, 1.82) is 0 Å². The summed E-state index contributed by atoms with van der Waals surface area (Å²) in [6.07, 6.45) is 2.35. The van der Waals surface area contributed by atoms with Gasteiger partial charge in [-0.1, -0.05) is 18.2 Å². The van der Waals surface area contributed by atoms with E-state index in [1.165, 1.54) is 6.07 Å². The Morgan fingerprint density at radius 3 is 2.90 bits per heavy atom. The van der Waals surface area contributed by atoms with E-state index in [1.807, 2.05) is 19.1 Å². The van der Waals surface area contributed by atoms with E-state index in [1.54, 1.807) is 24.4 Å². The molecule has 0 bridgehead atoms. The molecule has 1 aromatic heterocycles. The molecule has 1 N–H and O–H groups in total. The lowest BCUT2D eigenvalue weighted by molar-refractivity contribution is -0.117. The van der Waals surface area contributed by atoms with Crippen molar-refractivity contribution in [2.75, 3.05) is 5.32 Å². The second-order valence-electron chi connectivity index (χ2n) is 5.18. The van der Waals surface area contributed by atoms with Gasteiger partial charge in [0.2, 0.25) is 5.91 Å². The molecule has 1 fully saturated rings. The van der Waals surface area contributed by atoms with Crippen LogP contribution in [0.25, 0.3) is 0 Å². The van der Waals surface area contributed by atoms with Gasteiger partial charge < -0.3 is 5.32 Å². The highest BCUT2D eigenvalue weighted by molar-refractivity contribution is 5.94. The number of amides is 1. The Bertz CT molecular complexity index is 656. The quantitative estimate of drug-likeness (QED) is 0.930. The third-order valence-corrected chi connectivity index (χ3v) is 3.60. The number of nitrogens with one attached hydrogen (secondary N) is 1.